The molecule has 1 N–H and O–H groups in total. The summed E-state index contributed by atoms with van der Waals surface area (Å²) in [6.07, 6.45) is 2.73. The van der Waals surface area contributed by atoms with Gasteiger partial charge < -0.3 is 19.2 Å². The minimum absolute atomic E-state index is 0.127. The van der Waals surface area contributed by atoms with Crippen molar-refractivity contribution in [3.63, 3.8) is 0 Å². The zero-order valence-corrected chi connectivity index (χ0v) is 16.5. The summed E-state index contributed by atoms with van der Waals surface area (Å²) in [4.78, 5) is 38.9. The van der Waals surface area contributed by atoms with Crippen molar-refractivity contribution in [2.45, 2.75) is 20.8 Å². The molecule has 0 unspecified atom stereocenters. The molecular formula is C21H23NO6. The minimum atomic E-state index is -0.675. The van der Waals surface area contributed by atoms with Gasteiger partial charge in [0, 0.05) is 22.9 Å². The summed E-state index contributed by atoms with van der Waals surface area (Å²) < 4.78 is 15.5. The van der Waals surface area contributed by atoms with Crippen molar-refractivity contribution >= 4 is 23.6 Å². The van der Waals surface area contributed by atoms with E-state index in [-0.39, 0.29) is 11.5 Å². The maximum absolute atomic E-state index is 12.3. The molecule has 0 aliphatic rings. The average Bonchev–Trinajstić information content (AvgIpc) is 2.98. The van der Waals surface area contributed by atoms with Crippen molar-refractivity contribution in [3.8, 4) is 11.5 Å². The lowest BCUT2D eigenvalue weighted by molar-refractivity contribution is -0.136. The zero-order chi connectivity index (χ0) is 20.8. The number of H-pyrrole nitrogens is 1. The summed E-state index contributed by atoms with van der Waals surface area (Å²) in [6.45, 7) is 4.41. The number of methoxy groups -OCH3 is 2. The zero-order valence-electron chi connectivity index (χ0n) is 16.5. The fourth-order valence-corrected chi connectivity index (χ4v) is 3.01. The molecule has 0 aliphatic heterocycles. The molecule has 1 aromatic heterocycles. The number of ketones is 2. The van der Waals surface area contributed by atoms with Gasteiger partial charge >= 0.3 is 5.97 Å². The SMILES string of the molecule is COc1cccc(C=CC(=O)OCC(=O)c2[nH]c(C)c(C(C)=O)c2C)c1OC. The molecule has 7 nitrogen and oxygen atoms in total. The normalized spacial score (nSPS) is 10.8. The molecule has 7 heteroatoms. The van der Waals surface area contributed by atoms with Crippen molar-refractivity contribution in [1.29, 1.82) is 0 Å². The second kappa shape index (κ2) is 9.03. The van der Waals surface area contributed by atoms with Gasteiger partial charge in [-0.25, -0.2) is 4.79 Å². The lowest BCUT2D eigenvalue weighted by Crippen LogP contribution is -2.14. The van der Waals surface area contributed by atoms with E-state index in [0.717, 1.165) is 0 Å². The predicted octanol–water partition coefficient (Wildman–Crippen LogP) is 3.29. The lowest BCUT2D eigenvalue weighted by Gasteiger charge is -2.09. The summed E-state index contributed by atoms with van der Waals surface area (Å²) >= 11 is 0. The number of hydrogen-bond donors (Lipinski definition) is 1. The maximum Gasteiger partial charge on any atom is 0.331 e. The van der Waals surface area contributed by atoms with E-state index in [4.69, 9.17) is 14.2 Å². The average molecular weight is 385 g/mol. The summed E-state index contributed by atoms with van der Waals surface area (Å²) in [5.74, 6) is -0.191. The summed E-state index contributed by atoms with van der Waals surface area (Å²) in [7, 11) is 3.02. The number of aromatic nitrogens is 1. The third kappa shape index (κ3) is 4.49. The first-order valence-electron chi connectivity index (χ1n) is 8.59. The number of ether oxygens (including phenoxy) is 3. The molecule has 1 heterocycles. The van der Waals surface area contributed by atoms with Crippen LogP contribution >= 0.6 is 0 Å². The molecule has 0 atom stereocenters. The van der Waals surface area contributed by atoms with Gasteiger partial charge in [0.2, 0.25) is 5.78 Å². The van der Waals surface area contributed by atoms with Crippen LogP contribution in [-0.4, -0.2) is 43.3 Å². The van der Waals surface area contributed by atoms with Gasteiger partial charge in [0.05, 0.1) is 19.9 Å². The number of benzene rings is 1. The van der Waals surface area contributed by atoms with E-state index in [0.29, 0.717) is 33.9 Å². The first kappa shape index (κ1) is 21.0. The van der Waals surface area contributed by atoms with Gasteiger partial charge in [0.1, 0.15) is 0 Å². The van der Waals surface area contributed by atoms with E-state index >= 15 is 0 Å². The Kier molecular flexibility index (Phi) is 6.76. The molecule has 0 radical (unpaired) electrons. The Bertz CT molecular complexity index is 939. The highest BCUT2D eigenvalue weighted by Crippen LogP contribution is 2.31. The smallest absolute Gasteiger partial charge is 0.331 e. The van der Waals surface area contributed by atoms with Crippen LogP contribution in [0.1, 0.15) is 44.6 Å². The van der Waals surface area contributed by atoms with Crippen LogP contribution in [0.2, 0.25) is 0 Å². The van der Waals surface area contributed by atoms with Gasteiger partial charge in [-0.2, -0.15) is 0 Å². The van der Waals surface area contributed by atoms with Gasteiger partial charge in [0.15, 0.2) is 23.9 Å². The Morgan fingerprint density at radius 1 is 1.11 bits per heavy atom. The summed E-state index contributed by atoms with van der Waals surface area (Å²) in [5.41, 5.74) is 2.56. The first-order valence-corrected chi connectivity index (χ1v) is 8.59. The van der Waals surface area contributed by atoms with Crippen LogP contribution < -0.4 is 9.47 Å². The maximum atomic E-state index is 12.3. The fourth-order valence-electron chi connectivity index (χ4n) is 3.01. The van der Waals surface area contributed by atoms with E-state index in [2.05, 4.69) is 4.98 Å². The van der Waals surface area contributed by atoms with E-state index in [1.54, 1.807) is 32.0 Å². The van der Waals surface area contributed by atoms with Crippen LogP contribution in [-0.2, 0) is 9.53 Å². The highest BCUT2D eigenvalue weighted by Gasteiger charge is 2.20. The Balaban J connectivity index is 2.05. The Hall–Kier alpha value is -3.35. The minimum Gasteiger partial charge on any atom is -0.493 e. The molecule has 0 aliphatic carbocycles. The second-order valence-corrected chi connectivity index (χ2v) is 6.13. The summed E-state index contributed by atoms with van der Waals surface area (Å²) in [6, 6.07) is 5.26. The Morgan fingerprint density at radius 3 is 2.39 bits per heavy atom. The van der Waals surface area contributed by atoms with Crippen LogP contribution in [0, 0.1) is 13.8 Å². The third-order valence-electron chi connectivity index (χ3n) is 4.25. The number of aryl methyl sites for hydroxylation is 1. The molecule has 0 fully saturated rings. The molecule has 2 aromatic rings. The molecular weight excluding hydrogens is 362 g/mol. The molecule has 0 spiro atoms. The second-order valence-electron chi connectivity index (χ2n) is 6.13. The van der Waals surface area contributed by atoms with E-state index in [9.17, 15) is 14.4 Å². The number of para-hydroxylation sites is 1. The largest absolute Gasteiger partial charge is 0.493 e. The number of nitrogens with one attached hydrogen (secondary N) is 1. The third-order valence-corrected chi connectivity index (χ3v) is 4.25. The van der Waals surface area contributed by atoms with Gasteiger partial charge in [-0.15, -0.1) is 0 Å². The number of Topliss-reactive ketones (excluding diaryl/α,β-unsaturated/α-hetero) is 2. The molecule has 1 aromatic carbocycles. The number of carbonyl (C=O) groups is 3. The van der Waals surface area contributed by atoms with Crippen molar-refractivity contribution in [3.05, 3.63) is 52.4 Å². The van der Waals surface area contributed by atoms with Gasteiger partial charge in [-0.3, -0.25) is 9.59 Å². The van der Waals surface area contributed by atoms with Gasteiger partial charge in [-0.1, -0.05) is 12.1 Å². The molecule has 0 amide bonds. The van der Waals surface area contributed by atoms with Crippen LogP contribution in [0.15, 0.2) is 24.3 Å². The lowest BCUT2D eigenvalue weighted by atomic mass is 10.1. The van der Waals surface area contributed by atoms with Crippen LogP contribution in [0.3, 0.4) is 0 Å². The topological polar surface area (TPSA) is 94.7 Å². The highest BCUT2D eigenvalue weighted by molar-refractivity contribution is 6.04. The van der Waals surface area contributed by atoms with E-state index in [1.165, 1.54) is 33.3 Å². The van der Waals surface area contributed by atoms with Crippen molar-refractivity contribution in [2.75, 3.05) is 20.8 Å². The first-order chi connectivity index (χ1) is 13.3. The fraction of sp³-hybridized carbons (Fsp3) is 0.286. The predicted molar refractivity (Wildman–Crippen MR) is 104 cm³/mol. The molecule has 0 saturated heterocycles. The number of esters is 1. The number of aromatic amines is 1. The molecule has 28 heavy (non-hydrogen) atoms. The van der Waals surface area contributed by atoms with Gasteiger partial charge in [-0.05, 0) is 38.5 Å². The van der Waals surface area contributed by atoms with E-state index < -0.39 is 18.4 Å². The van der Waals surface area contributed by atoms with Gasteiger partial charge in [0.25, 0.3) is 0 Å². The summed E-state index contributed by atoms with van der Waals surface area (Å²) in [5, 5.41) is 0. The number of rotatable bonds is 8. The van der Waals surface area contributed by atoms with Crippen LogP contribution in [0.5, 0.6) is 11.5 Å². The quantitative estimate of drug-likeness (QED) is 0.426. The standard InChI is InChI=1S/C21H23NO6/c1-12-19(14(3)23)13(2)22-20(12)16(24)11-28-18(25)10-9-15-7-6-8-17(26-4)21(15)27-5/h6-10,22H,11H2,1-5H3. The van der Waals surface area contributed by atoms with Crippen LogP contribution in [0.4, 0.5) is 0 Å². The van der Waals surface area contributed by atoms with Crippen molar-refractivity contribution in [1.82, 2.24) is 4.98 Å². The molecule has 148 valence electrons. The molecule has 0 bridgehead atoms. The number of hydrogen-bond acceptors (Lipinski definition) is 6. The number of carbonyl (C=O) groups excluding carboxylic acids is 3. The molecule has 2 rings (SSSR count). The van der Waals surface area contributed by atoms with Crippen LogP contribution in [0.25, 0.3) is 6.08 Å². The Labute approximate surface area is 163 Å². The highest BCUT2D eigenvalue weighted by atomic mass is 16.5. The molecule has 0 saturated carbocycles. The Morgan fingerprint density at radius 2 is 1.82 bits per heavy atom. The monoisotopic (exact) mass is 385 g/mol. The van der Waals surface area contributed by atoms with Crippen molar-refractivity contribution < 1.29 is 28.6 Å². The van der Waals surface area contributed by atoms with Crippen molar-refractivity contribution in [2.24, 2.45) is 0 Å². The van der Waals surface area contributed by atoms with E-state index in [1.807, 2.05) is 0 Å².